The maximum Gasteiger partial charge on any atom is 0.355 e. The summed E-state index contributed by atoms with van der Waals surface area (Å²) in [6.07, 6.45) is 0. The Kier molecular flexibility index (Phi) is 2.54. The van der Waals surface area contributed by atoms with E-state index in [9.17, 15) is 15.0 Å². The van der Waals surface area contributed by atoms with Crippen molar-refractivity contribution in [2.45, 2.75) is 5.60 Å². The third kappa shape index (κ3) is 1.54. The van der Waals surface area contributed by atoms with Crippen molar-refractivity contribution < 1.29 is 19.7 Å². The maximum atomic E-state index is 11.6. The van der Waals surface area contributed by atoms with Crippen LogP contribution in [0.1, 0.15) is 5.56 Å². The summed E-state index contributed by atoms with van der Waals surface area (Å²) in [6, 6.07) is 14.3. The first-order chi connectivity index (χ1) is 9.19. The number of fused-ring (bicyclic) bond motifs is 3. The summed E-state index contributed by atoms with van der Waals surface area (Å²) in [5.74, 6) is -0.727. The van der Waals surface area contributed by atoms with Gasteiger partial charge in [-0.2, -0.15) is 0 Å². The molecule has 0 saturated heterocycles. The van der Waals surface area contributed by atoms with Gasteiger partial charge in [-0.25, -0.2) is 4.79 Å². The number of para-hydroxylation sites is 1. The predicted molar refractivity (Wildman–Crippen MR) is 68.9 cm³/mol. The van der Waals surface area contributed by atoms with Crippen LogP contribution in [0, 0.1) is 0 Å². The number of hydrogen-bond acceptors (Lipinski definition) is 3. The van der Waals surface area contributed by atoms with Gasteiger partial charge in [-0.1, -0.05) is 42.5 Å². The number of rotatable bonds is 2. The first-order valence-corrected chi connectivity index (χ1v) is 5.91. The van der Waals surface area contributed by atoms with E-state index < -0.39 is 18.2 Å². The molecule has 96 valence electrons. The predicted octanol–water partition coefficient (Wildman–Crippen LogP) is 2.02. The molecular formula is C15H12O4. The van der Waals surface area contributed by atoms with E-state index in [0.717, 1.165) is 11.1 Å². The van der Waals surface area contributed by atoms with Crippen LogP contribution in [0.3, 0.4) is 0 Å². The zero-order valence-electron chi connectivity index (χ0n) is 10.0. The topological polar surface area (TPSA) is 66.8 Å². The minimum absolute atomic E-state index is 0.470. The van der Waals surface area contributed by atoms with Crippen LogP contribution in [0.5, 0.6) is 5.75 Å². The van der Waals surface area contributed by atoms with Gasteiger partial charge in [0.15, 0.2) is 0 Å². The molecular weight excluding hydrogens is 244 g/mol. The summed E-state index contributed by atoms with van der Waals surface area (Å²) in [7, 11) is 0. The molecule has 0 amide bonds. The minimum Gasteiger partial charge on any atom is -0.478 e. The number of hydrogen-bond donors (Lipinski definition) is 2. The average molecular weight is 256 g/mol. The molecule has 0 saturated carbocycles. The summed E-state index contributed by atoms with van der Waals surface area (Å²) < 4.78 is 5.61. The van der Waals surface area contributed by atoms with Crippen molar-refractivity contribution in [3.05, 3.63) is 54.1 Å². The van der Waals surface area contributed by atoms with Crippen LogP contribution in [-0.2, 0) is 10.4 Å². The van der Waals surface area contributed by atoms with E-state index in [1.54, 1.807) is 24.3 Å². The molecule has 1 unspecified atom stereocenters. The zero-order chi connectivity index (χ0) is 13.5. The monoisotopic (exact) mass is 256 g/mol. The Hall–Kier alpha value is -2.33. The van der Waals surface area contributed by atoms with E-state index in [1.807, 2.05) is 24.3 Å². The summed E-state index contributed by atoms with van der Waals surface area (Å²) in [4.78, 5) is 11.6. The van der Waals surface area contributed by atoms with Gasteiger partial charge in [-0.3, -0.25) is 0 Å². The second-order valence-electron chi connectivity index (χ2n) is 4.43. The van der Waals surface area contributed by atoms with Crippen LogP contribution < -0.4 is 4.74 Å². The number of aliphatic carboxylic acids is 1. The van der Waals surface area contributed by atoms with Gasteiger partial charge in [0, 0.05) is 11.1 Å². The normalized spacial score (nSPS) is 20.1. The molecule has 19 heavy (non-hydrogen) atoms. The highest BCUT2D eigenvalue weighted by Crippen LogP contribution is 2.44. The Bertz CT molecular complexity index is 650. The van der Waals surface area contributed by atoms with Crippen molar-refractivity contribution >= 4 is 5.97 Å². The highest BCUT2D eigenvalue weighted by atomic mass is 16.5. The van der Waals surface area contributed by atoms with E-state index in [4.69, 9.17) is 4.74 Å². The van der Waals surface area contributed by atoms with Crippen LogP contribution >= 0.6 is 0 Å². The van der Waals surface area contributed by atoms with E-state index in [2.05, 4.69) is 0 Å². The van der Waals surface area contributed by atoms with Crippen molar-refractivity contribution in [1.82, 2.24) is 0 Å². The second-order valence-corrected chi connectivity index (χ2v) is 4.43. The Balaban J connectivity index is 2.33. The van der Waals surface area contributed by atoms with Crippen molar-refractivity contribution in [3.8, 4) is 16.9 Å². The van der Waals surface area contributed by atoms with Crippen LogP contribution in [0.25, 0.3) is 11.1 Å². The molecule has 2 aromatic rings. The molecule has 1 heterocycles. The van der Waals surface area contributed by atoms with Crippen LogP contribution in [-0.4, -0.2) is 22.8 Å². The van der Waals surface area contributed by atoms with Gasteiger partial charge in [0.1, 0.15) is 5.75 Å². The summed E-state index contributed by atoms with van der Waals surface area (Å²) >= 11 is 0. The fourth-order valence-corrected chi connectivity index (χ4v) is 2.43. The van der Waals surface area contributed by atoms with Gasteiger partial charge < -0.3 is 14.9 Å². The van der Waals surface area contributed by atoms with Crippen LogP contribution in [0.2, 0.25) is 0 Å². The molecule has 0 spiro atoms. The molecule has 4 nitrogen and oxygen atoms in total. The Morgan fingerprint density at radius 3 is 2.37 bits per heavy atom. The molecule has 0 aliphatic carbocycles. The average Bonchev–Trinajstić information content (AvgIpc) is 2.46. The zero-order valence-corrected chi connectivity index (χ0v) is 10.0. The van der Waals surface area contributed by atoms with Gasteiger partial charge in [-0.15, -0.1) is 0 Å². The smallest absolute Gasteiger partial charge is 0.355 e. The van der Waals surface area contributed by atoms with E-state index in [1.165, 1.54) is 0 Å². The summed E-state index contributed by atoms with van der Waals surface area (Å²) in [5.41, 5.74) is 0.359. The van der Waals surface area contributed by atoms with Gasteiger partial charge in [-0.05, 0) is 11.6 Å². The SMILES string of the molecule is O=C(O)C1(CO)Oc2ccccc2-c2ccccc21. The number of ether oxygens (including phenoxy) is 1. The molecule has 0 fully saturated rings. The molecule has 0 aromatic heterocycles. The summed E-state index contributed by atoms with van der Waals surface area (Å²) in [6.45, 7) is -0.617. The number of aliphatic hydroxyl groups excluding tert-OH is 1. The van der Waals surface area contributed by atoms with E-state index in [0.29, 0.717) is 11.3 Å². The number of carboxylic acid groups (broad SMARTS) is 1. The third-order valence-electron chi connectivity index (χ3n) is 3.39. The Morgan fingerprint density at radius 1 is 1.05 bits per heavy atom. The lowest BCUT2D eigenvalue weighted by molar-refractivity contribution is -0.160. The number of benzene rings is 2. The summed E-state index contributed by atoms with van der Waals surface area (Å²) in [5, 5.41) is 19.1. The molecule has 0 radical (unpaired) electrons. The Labute approximate surface area is 109 Å². The van der Waals surface area contributed by atoms with Gasteiger partial charge in [0.25, 0.3) is 5.60 Å². The van der Waals surface area contributed by atoms with E-state index >= 15 is 0 Å². The fourth-order valence-electron chi connectivity index (χ4n) is 2.43. The highest BCUT2D eigenvalue weighted by Gasteiger charge is 2.47. The molecule has 1 aliphatic rings. The lowest BCUT2D eigenvalue weighted by atomic mass is 9.84. The largest absolute Gasteiger partial charge is 0.478 e. The van der Waals surface area contributed by atoms with Crippen LogP contribution in [0.4, 0.5) is 0 Å². The minimum atomic E-state index is -1.73. The molecule has 4 heteroatoms. The number of carbonyl (C=O) groups is 1. The molecule has 3 rings (SSSR count). The number of aliphatic hydroxyl groups is 1. The van der Waals surface area contributed by atoms with Crippen molar-refractivity contribution in [3.63, 3.8) is 0 Å². The molecule has 2 aromatic carbocycles. The second kappa shape index (κ2) is 4.10. The number of carboxylic acids is 1. The molecule has 1 atom stereocenters. The lowest BCUT2D eigenvalue weighted by Crippen LogP contribution is -2.47. The first-order valence-electron chi connectivity index (χ1n) is 5.91. The van der Waals surface area contributed by atoms with Gasteiger partial charge >= 0.3 is 5.97 Å². The maximum absolute atomic E-state index is 11.6. The van der Waals surface area contributed by atoms with Crippen LogP contribution in [0.15, 0.2) is 48.5 Å². The van der Waals surface area contributed by atoms with Gasteiger partial charge in [0.2, 0.25) is 0 Å². The lowest BCUT2D eigenvalue weighted by Gasteiger charge is -2.35. The van der Waals surface area contributed by atoms with Crippen molar-refractivity contribution in [1.29, 1.82) is 0 Å². The molecule has 2 N–H and O–H groups in total. The fraction of sp³-hybridized carbons (Fsp3) is 0.133. The quantitative estimate of drug-likeness (QED) is 0.862. The van der Waals surface area contributed by atoms with Crippen molar-refractivity contribution in [2.75, 3.05) is 6.61 Å². The molecule has 1 aliphatic heterocycles. The Morgan fingerprint density at radius 2 is 1.68 bits per heavy atom. The van der Waals surface area contributed by atoms with Crippen molar-refractivity contribution in [2.24, 2.45) is 0 Å². The first kappa shape index (κ1) is 11.7. The highest BCUT2D eigenvalue weighted by molar-refractivity contribution is 5.88. The molecule has 0 bridgehead atoms. The third-order valence-corrected chi connectivity index (χ3v) is 3.39. The standard InChI is InChI=1S/C15H12O4/c16-9-15(14(17)18)12-7-3-1-5-10(12)11-6-2-4-8-13(11)19-15/h1-8,16H,9H2,(H,17,18). The van der Waals surface area contributed by atoms with E-state index in [-0.39, 0.29) is 0 Å². The van der Waals surface area contributed by atoms with Gasteiger partial charge in [0.05, 0.1) is 6.61 Å².